The molecule has 6 heteroatoms. The van der Waals surface area contributed by atoms with Crippen molar-refractivity contribution < 1.29 is 4.42 Å². The molecule has 11 aromatic carbocycles. The molecule has 0 fully saturated rings. The first-order valence-corrected chi connectivity index (χ1v) is 26.5. The molecule has 0 saturated heterocycles. The SMILES string of the molecule is c1ccc(-c2ccc3sc4c(-c5cccc6oc7ccc(-c8ccc9c(c8)c8cc(-c%10ccc%11c(c%10)c%10ccccc%10n%11-c%10ccccc%10)ccc8n9-c8ccccc8)cc7c56)nc(-c5ccccc5)nc4c3c2)cc1. The van der Waals surface area contributed by atoms with E-state index < -0.39 is 0 Å². The number of para-hydroxylation sites is 3. The minimum absolute atomic E-state index is 0.695. The van der Waals surface area contributed by atoms with E-state index in [9.17, 15) is 0 Å². The van der Waals surface area contributed by atoms with Gasteiger partial charge in [0, 0.05) is 64.9 Å². The van der Waals surface area contributed by atoms with E-state index in [1.165, 1.54) is 54.0 Å². The first-order valence-electron chi connectivity index (χ1n) is 25.7. The Labute approximate surface area is 440 Å². The Kier molecular flexibility index (Phi) is 9.44. The van der Waals surface area contributed by atoms with E-state index in [2.05, 4.69) is 258 Å². The summed E-state index contributed by atoms with van der Waals surface area (Å²) in [6.45, 7) is 0. The third-order valence-electron chi connectivity index (χ3n) is 15.3. The predicted molar refractivity (Wildman–Crippen MR) is 318 cm³/mol. The number of aromatic nitrogens is 4. The van der Waals surface area contributed by atoms with Crippen molar-refractivity contribution in [2.24, 2.45) is 0 Å². The van der Waals surface area contributed by atoms with Crippen LogP contribution in [-0.4, -0.2) is 19.1 Å². The van der Waals surface area contributed by atoms with Crippen molar-refractivity contribution in [3.63, 3.8) is 0 Å². The van der Waals surface area contributed by atoms with Gasteiger partial charge in [-0.15, -0.1) is 11.3 Å². The molecule has 76 heavy (non-hydrogen) atoms. The number of benzene rings is 11. The van der Waals surface area contributed by atoms with Crippen LogP contribution >= 0.6 is 11.3 Å². The molecule has 16 rings (SSSR count). The molecule has 0 spiro atoms. The van der Waals surface area contributed by atoms with Crippen molar-refractivity contribution in [2.45, 2.75) is 0 Å². The maximum atomic E-state index is 6.72. The number of hydrogen-bond acceptors (Lipinski definition) is 4. The van der Waals surface area contributed by atoms with Gasteiger partial charge in [-0.25, -0.2) is 9.97 Å². The Balaban J connectivity index is 0.869. The van der Waals surface area contributed by atoms with Gasteiger partial charge in [-0.05, 0) is 130 Å². The number of rotatable bonds is 7. The summed E-state index contributed by atoms with van der Waals surface area (Å²) in [6, 6.07) is 91.6. The summed E-state index contributed by atoms with van der Waals surface area (Å²) in [5.41, 5.74) is 19.4. The molecule has 0 aliphatic carbocycles. The smallest absolute Gasteiger partial charge is 0.160 e. The highest BCUT2D eigenvalue weighted by atomic mass is 32.1. The molecule has 0 bridgehead atoms. The molecule has 0 radical (unpaired) electrons. The molecule has 16 aromatic rings. The molecule has 5 nitrogen and oxygen atoms in total. The monoisotopic (exact) mass is 986 g/mol. The van der Waals surface area contributed by atoms with Crippen LogP contribution in [0.25, 0.3) is 153 Å². The van der Waals surface area contributed by atoms with Gasteiger partial charge >= 0.3 is 0 Å². The largest absolute Gasteiger partial charge is 0.456 e. The molecule has 354 valence electrons. The van der Waals surface area contributed by atoms with E-state index in [0.29, 0.717) is 5.82 Å². The first kappa shape index (κ1) is 42.6. The number of nitrogens with zero attached hydrogens (tertiary/aromatic N) is 4. The van der Waals surface area contributed by atoms with E-state index in [-0.39, 0.29) is 0 Å². The second-order valence-electron chi connectivity index (χ2n) is 19.7. The molecule has 0 amide bonds. The molecule has 0 atom stereocenters. The van der Waals surface area contributed by atoms with Crippen molar-refractivity contribution in [3.05, 3.63) is 255 Å². The molecule has 0 aliphatic rings. The molecular weight excluding hydrogens is 945 g/mol. The fraction of sp³-hybridized carbons (Fsp3) is 0. The van der Waals surface area contributed by atoms with Crippen LogP contribution in [0.4, 0.5) is 0 Å². The van der Waals surface area contributed by atoms with Crippen LogP contribution in [0.15, 0.2) is 259 Å². The minimum Gasteiger partial charge on any atom is -0.456 e. The molecule has 0 aliphatic heterocycles. The highest BCUT2D eigenvalue weighted by Gasteiger charge is 2.23. The molecule has 0 N–H and O–H groups in total. The van der Waals surface area contributed by atoms with E-state index in [4.69, 9.17) is 14.4 Å². The fourth-order valence-corrected chi connectivity index (χ4v) is 12.9. The van der Waals surface area contributed by atoms with Crippen molar-refractivity contribution in [3.8, 4) is 67.4 Å². The van der Waals surface area contributed by atoms with Crippen LogP contribution in [0.3, 0.4) is 0 Å². The summed E-state index contributed by atoms with van der Waals surface area (Å²) >= 11 is 1.75. The van der Waals surface area contributed by atoms with E-state index in [1.54, 1.807) is 11.3 Å². The summed E-state index contributed by atoms with van der Waals surface area (Å²) in [6.07, 6.45) is 0. The standard InChI is InChI=1S/C70H42N4OS/c1-5-16-43(17-6-1)45-32-37-65-58(42-45)68-69(76-65)67(71-70(72-68)44-18-7-2-8-19-44)53-25-15-27-64-66(53)57-41-49(31-36-63(57)75-64)48-30-35-62-56(40-48)55-39-47(29-34-61(55)74(62)51-22-11-4-12-23-51)46-28-33-60-54(38-46)52-24-13-14-26-59(52)73(60)50-20-9-3-10-21-50/h1-42H. The van der Waals surface area contributed by atoms with Gasteiger partial charge in [0.05, 0.1) is 38.0 Å². The summed E-state index contributed by atoms with van der Waals surface area (Å²) in [4.78, 5) is 10.8. The Morgan fingerprint density at radius 3 is 1.45 bits per heavy atom. The van der Waals surface area contributed by atoms with Gasteiger partial charge in [-0.1, -0.05) is 158 Å². The normalized spacial score (nSPS) is 11.9. The summed E-state index contributed by atoms with van der Waals surface area (Å²) in [5.74, 6) is 0.695. The van der Waals surface area contributed by atoms with Gasteiger partial charge in [-0.3, -0.25) is 0 Å². The van der Waals surface area contributed by atoms with Crippen LogP contribution in [0, 0.1) is 0 Å². The molecule has 5 aromatic heterocycles. The topological polar surface area (TPSA) is 48.8 Å². The average molecular weight is 987 g/mol. The van der Waals surface area contributed by atoms with Crippen LogP contribution in [0.5, 0.6) is 0 Å². The lowest BCUT2D eigenvalue weighted by atomic mass is 9.97. The highest BCUT2D eigenvalue weighted by molar-refractivity contribution is 7.26. The van der Waals surface area contributed by atoms with Crippen molar-refractivity contribution >= 4 is 97.2 Å². The zero-order valence-corrected chi connectivity index (χ0v) is 41.7. The van der Waals surface area contributed by atoms with Crippen LogP contribution in [0.1, 0.15) is 0 Å². The second kappa shape index (κ2) is 16.8. The zero-order valence-electron chi connectivity index (χ0n) is 40.9. The van der Waals surface area contributed by atoms with Gasteiger partial charge < -0.3 is 13.6 Å². The van der Waals surface area contributed by atoms with Crippen molar-refractivity contribution in [1.29, 1.82) is 0 Å². The van der Waals surface area contributed by atoms with Gasteiger partial charge in [0.2, 0.25) is 0 Å². The third kappa shape index (κ3) is 6.64. The van der Waals surface area contributed by atoms with E-state index >= 15 is 0 Å². The number of furan rings is 1. The number of hydrogen-bond donors (Lipinski definition) is 0. The Bertz CT molecular complexity index is 4970. The van der Waals surface area contributed by atoms with Crippen LogP contribution in [0.2, 0.25) is 0 Å². The summed E-state index contributed by atoms with van der Waals surface area (Å²) in [7, 11) is 0. The van der Waals surface area contributed by atoms with Crippen LogP contribution in [-0.2, 0) is 0 Å². The predicted octanol–water partition coefficient (Wildman–Crippen LogP) is 19.3. The highest BCUT2D eigenvalue weighted by Crippen LogP contribution is 2.46. The molecule has 0 unspecified atom stereocenters. The third-order valence-corrected chi connectivity index (χ3v) is 16.5. The van der Waals surface area contributed by atoms with Gasteiger partial charge in [0.25, 0.3) is 0 Å². The Morgan fingerprint density at radius 1 is 0.329 bits per heavy atom. The van der Waals surface area contributed by atoms with Gasteiger partial charge in [0.1, 0.15) is 11.2 Å². The average Bonchev–Trinajstić information content (AvgIpc) is 4.26. The lowest BCUT2D eigenvalue weighted by molar-refractivity contribution is 0.669. The quantitative estimate of drug-likeness (QED) is 0.160. The van der Waals surface area contributed by atoms with Crippen molar-refractivity contribution in [1.82, 2.24) is 19.1 Å². The van der Waals surface area contributed by atoms with Gasteiger partial charge in [0.15, 0.2) is 5.82 Å². The second-order valence-corrected chi connectivity index (χ2v) is 20.7. The maximum absolute atomic E-state index is 6.72. The summed E-state index contributed by atoms with van der Waals surface area (Å²) in [5, 5.41) is 8.07. The fourth-order valence-electron chi connectivity index (χ4n) is 11.8. The lowest BCUT2D eigenvalue weighted by Gasteiger charge is -2.09. The van der Waals surface area contributed by atoms with Gasteiger partial charge in [-0.2, -0.15) is 0 Å². The van der Waals surface area contributed by atoms with Crippen molar-refractivity contribution in [2.75, 3.05) is 0 Å². The molecular formula is C70H42N4OS. The van der Waals surface area contributed by atoms with E-state index in [1.807, 2.05) is 6.07 Å². The maximum Gasteiger partial charge on any atom is 0.160 e. The Morgan fingerprint density at radius 2 is 0.816 bits per heavy atom. The lowest BCUT2D eigenvalue weighted by Crippen LogP contribution is -1.94. The summed E-state index contributed by atoms with van der Waals surface area (Å²) < 4.78 is 13.7. The number of fused-ring (bicyclic) bond motifs is 12. The van der Waals surface area contributed by atoms with Crippen LogP contribution < -0.4 is 0 Å². The Hall–Kier alpha value is -9.88. The number of thiophene rings is 1. The first-order chi connectivity index (χ1) is 37.7. The van der Waals surface area contributed by atoms with E-state index in [0.717, 1.165) is 93.5 Å². The molecule has 5 heterocycles. The minimum atomic E-state index is 0.695. The zero-order chi connectivity index (χ0) is 49.8. The molecule has 0 saturated carbocycles.